The second-order valence-corrected chi connectivity index (χ2v) is 6.99. The van der Waals surface area contributed by atoms with Gasteiger partial charge in [0, 0.05) is 18.5 Å². The zero-order valence-corrected chi connectivity index (χ0v) is 15.4. The Balaban J connectivity index is 2.07. The fourth-order valence-electron chi connectivity index (χ4n) is 2.44. The first-order valence-electron chi connectivity index (χ1n) is 8.24. The molecule has 4 nitrogen and oxygen atoms in total. The van der Waals surface area contributed by atoms with E-state index in [9.17, 15) is 4.79 Å². The van der Waals surface area contributed by atoms with Gasteiger partial charge in [0.25, 0.3) is 0 Å². The van der Waals surface area contributed by atoms with Gasteiger partial charge in [-0.2, -0.15) is 0 Å². The second kappa shape index (κ2) is 9.57. The third-order valence-electron chi connectivity index (χ3n) is 3.84. The summed E-state index contributed by atoms with van der Waals surface area (Å²) in [7, 11) is 1.65. The number of methoxy groups -OCH3 is 1. The van der Waals surface area contributed by atoms with Crippen LogP contribution in [0.2, 0.25) is 0 Å². The van der Waals surface area contributed by atoms with Crippen molar-refractivity contribution < 1.29 is 9.53 Å². The van der Waals surface area contributed by atoms with Crippen LogP contribution in [0.5, 0.6) is 0 Å². The van der Waals surface area contributed by atoms with Crippen LogP contribution in [-0.2, 0) is 9.53 Å². The van der Waals surface area contributed by atoms with E-state index in [2.05, 4.69) is 54.8 Å². The predicted octanol–water partition coefficient (Wildman–Crippen LogP) is 3.31. The first kappa shape index (κ1) is 18.6. The first-order valence-corrected chi connectivity index (χ1v) is 9.12. The lowest BCUT2D eigenvalue weighted by Gasteiger charge is -2.19. The summed E-state index contributed by atoms with van der Waals surface area (Å²) in [6.07, 6.45) is 0. The lowest BCUT2D eigenvalue weighted by Crippen LogP contribution is -2.37. The maximum absolute atomic E-state index is 12.3. The Bertz CT molecular complexity index is 609. The molecule has 2 rings (SSSR count). The highest BCUT2D eigenvalue weighted by molar-refractivity contribution is 7.10. The maximum atomic E-state index is 12.3. The molecule has 1 heterocycles. The standard InChI is InChI=1S/C19H26N2O2S/c1-14(2)15-6-8-16(9-7-15)19(17-5-4-12-24-17)21-18(22)13-20-10-11-23-3/h4-9,12,14,19-20H,10-11,13H2,1-3H3,(H,21,22). The average molecular weight is 346 g/mol. The smallest absolute Gasteiger partial charge is 0.234 e. The molecule has 1 aromatic heterocycles. The number of carbonyl (C=O) groups excluding carboxylic acids is 1. The number of carbonyl (C=O) groups is 1. The van der Waals surface area contributed by atoms with Gasteiger partial charge in [-0.15, -0.1) is 11.3 Å². The van der Waals surface area contributed by atoms with E-state index in [-0.39, 0.29) is 18.5 Å². The molecule has 1 aromatic carbocycles. The third-order valence-corrected chi connectivity index (χ3v) is 4.78. The van der Waals surface area contributed by atoms with Crippen molar-refractivity contribution in [1.29, 1.82) is 0 Å². The lowest BCUT2D eigenvalue weighted by molar-refractivity contribution is -0.120. The Kier molecular flexibility index (Phi) is 7.43. The van der Waals surface area contributed by atoms with Crippen LogP contribution in [0.15, 0.2) is 41.8 Å². The van der Waals surface area contributed by atoms with Crippen LogP contribution in [0, 0.1) is 0 Å². The molecular weight excluding hydrogens is 320 g/mol. The largest absolute Gasteiger partial charge is 0.383 e. The Labute approximate surface area is 148 Å². The summed E-state index contributed by atoms with van der Waals surface area (Å²) in [5, 5.41) is 8.24. The van der Waals surface area contributed by atoms with Crippen molar-refractivity contribution in [1.82, 2.24) is 10.6 Å². The Morgan fingerprint density at radius 2 is 1.88 bits per heavy atom. The molecule has 0 radical (unpaired) electrons. The Morgan fingerprint density at radius 1 is 1.17 bits per heavy atom. The number of benzene rings is 1. The minimum atomic E-state index is -0.108. The molecule has 2 N–H and O–H groups in total. The molecule has 0 saturated heterocycles. The molecule has 2 aromatic rings. The molecule has 0 saturated carbocycles. The number of rotatable bonds is 9. The minimum Gasteiger partial charge on any atom is -0.383 e. The van der Waals surface area contributed by atoms with Gasteiger partial charge in [-0.25, -0.2) is 0 Å². The van der Waals surface area contributed by atoms with Gasteiger partial charge >= 0.3 is 0 Å². The monoisotopic (exact) mass is 346 g/mol. The van der Waals surface area contributed by atoms with Gasteiger partial charge < -0.3 is 15.4 Å². The number of hydrogen-bond donors (Lipinski definition) is 2. The van der Waals surface area contributed by atoms with Crippen molar-refractivity contribution in [3.8, 4) is 0 Å². The molecule has 1 amide bonds. The molecule has 1 unspecified atom stereocenters. The van der Waals surface area contributed by atoms with Crippen molar-refractivity contribution in [2.24, 2.45) is 0 Å². The van der Waals surface area contributed by atoms with Crippen LogP contribution in [0.3, 0.4) is 0 Å². The van der Waals surface area contributed by atoms with Crippen LogP contribution >= 0.6 is 11.3 Å². The summed E-state index contributed by atoms with van der Waals surface area (Å²) in [4.78, 5) is 13.4. The molecule has 0 fully saturated rings. The highest BCUT2D eigenvalue weighted by atomic mass is 32.1. The van der Waals surface area contributed by atoms with Gasteiger partial charge in [0.15, 0.2) is 0 Å². The van der Waals surface area contributed by atoms with Crippen LogP contribution in [0.1, 0.15) is 41.8 Å². The first-order chi connectivity index (χ1) is 11.6. The number of hydrogen-bond acceptors (Lipinski definition) is 4. The zero-order chi connectivity index (χ0) is 17.4. The molecule has 24 heavy (non-hydrogen) atoms. The fourth-order valence-corrected chi connectivity index (χ4v) is 3.24. The fraction of sp³-hybridized carbons (Fsp3) is 0.421. The molecular formula is C19H26N2O2S. The van der Waals surface area contributed by atoms with Crippen LogP contribution in [0.25, 0.3) is 0 Å². The molecule has 0 bridgehead atoms. The molecule has 0 spiro atoms. The van der Waals surface area contributed by atoms with Gasteiger partial charge in [0.2, 0.25) is 5.91 Å². The van der Waals surface area contributed by atoms with E-state index in [0.29, 0.717) is 19.1 Å². The van der Waals surface area contributed by atoms with Gasteiger partial charge in [0.05, 0.1) is 19.2 Å². The molecule has 0 aliphatic heterocycles. The Hall–Kier alpha value is -1.69. The maximum Gasteiger partial charge on any atom is 0.234 e. The number of thiophene rings is 1. The average Bonchev–Trinajstić information content (AvgIpc) is 3.11. The molecule has 5 heteroatoms. The van der Waals surface area contributed by atoms with Crippen LogP contribution < -0.4 is 10.6 Å². The van der Waals surface area contributed by atoms with Gasteiger partial charge in [0.1, 0.15) is 0 Å². The summed E-state index contributed by atoms with van der Waals surface area (Å²) >= 11 is 1.66. The van der Waals surface area contributed by atoms with E-state index in [4.69, 9.17) is 4.74 Å². The topological polar surface area (TPSA) is 50.4 Å². The highest BCUT2D eigenvalue weighted by Gasteiger charge is 2.17. The van der Waals surface area contributed by atoms with Gasteiger partial charge in [-0.1, -0.05) is 44.2 Å². The molecule has 0 aliphatic carbocycles. The van der Waals surface area contributed by atoms with Crippen LogP contribution in [0.4, 0.5) is 0 Å². The van der Waals surface area contributed by atoms with E-state index in [1.807, 2.05) is 11.4 Å². The second-order valence-electron chi connectivity index (χ2n) is 6.01. The lowest BCUT2D eigenvalue weighted by atomic mass is 9.98. The molecule has 1 atom stereocenters. The number of nitrogens with one attached hydrogen (secondary N) is 2. The van der Waals surface area contributed by atoms with E-state index in [1.165, 1.54) is 5.56 Å². The quantitative estimate of drug-likeness (QED) is 0.685. The summed E-state index contributed by atoms with van der Waals surface area (Å²) in [6.45, 7) is 5.91. The molecule has 0 aliphatic rings. The van der Waals surface area contributed by atoms with Crippen molar-refractivity contribution in [2.75, 3.05) is 26.8 Å². The summed E-state index contributed by atoms with van der Waals surface area (Å²) in [5.41, 5.74) is 2.41. The van der Waals surface area contributed by atoms with Gasteiger partial charge in [-0.3, -0.25) is 4.79 Å². The summed E-state index contributed by atoms with van der Waals surface area (Å²) in [5.74, 6) is 0.483. The van der Waals surface area contributed by atoms with Crippen molar-refractivity contribution in [2.45, 2.75) is 25.8 Å². The highest BCUT2D eigenvalue weighted by Crippen LogP contribution is 2.27. The van der Waals surface area contributed by atoms with Gasteiger partial charge in [-0.05, 0) is 28.5 Å². The third kappa shape index (κ3) is 5.44. The normalized spacial score (nSPS) is 12.3. The minimum absolute atomic E-state index is 0.0163. The van der Waals surface area contributed by atoms with Crippen molar-refractivity contribution in [3.05, 3.63) is 57.8 Å². The number of amides is 1. The zero-order valence-electron chi connectivity index (χ0n) is 14.5. The van der Waals surface area contributed by atoms with Crippen molar-refractivity contribution in [3.63, 3.8) is 0 Å². The van der Waals surface area contributed by atoms with E-state index < -0.39 is 0 Å². The predicted molar refractivity (Wildman–Crippen MR) is 99.6 cm³/mol. The Morgan fingerprint density at radius 3 is 2.46 bits per heavy atom. The van der Waals surface area contributed by atoms with Crippen LogP contribution in [-0.4, -0.2) is 32.7 Å². The number of ether oxygens (including phenoxy) is 1. The summed E-state index contributed by atoms with van der Waals surface area (Å²) in [6, 6.07) is 12.5. The van der Waals surface area contributed by atoms with E-state index in [1.54, 1.807) is 18.4 Å². The van der Waals surface area contributed by atoms with E-state index >= 15 is 0 Å². The molecule has 130 valence electrons. The van der Waals surface area contributed by atoms with E-state index in [0.717, 1.165) is 10.4 Å². The SMILES string of the molecule is COCCNCC(=O)NC(c1ccc(C(C)C)cc1)c1cccs1. The van der Waals surface area contributed by atoms with Crippen molar-refractivity contribution >= 4 is 17.2 Å². The summed E-state index contributed by atoms with van der Waals surface area (Å²) < 4.78 is 4.97.